The van der Waals surface area contributed by atoms with Crippen molar-refractivity contribution < 1.29 is 9.47 Å². The van der Waals surface area contributed by atoms with Gasteiger partial charge in [0.1, 0.15) is 24.3 Å². The van der Waals surface area contributed by atoms with Gasteiger partial charge in [0.05, 0.1) is 11.4 Å². The quantitative estimate of drug-likeness (QED) is 0.312. The number of anilines is 2. The van der Waals surface area contributed by atoms with Gasteiger partial charge in [0, 0.05) is 21.9 Å². The summed E-state index contributed by atoms with van der Waals surface area (Å²) in [4.78, 5) is 0. The van der Waals surface area contributed by atoms with Crippen molar-refractivity contribution in [1.82, 2.24) is 0 Å². The summed E-state index contributed by atoms with van der Waals surface area (Å²) in [5.41, 5.74) is 4.10. The minimum Gasteiger partial charge on any atom is -0.436 e. The van der Waals surface area contributed by atoms with Gasteiger partial charge in [-0.1, -0.05) is 60.7 Å². The van der Waals surface area contributed by atoms with E-state index in [9.17, 15) is 21.0 Å². The van der Waals surface area contributed by atoms with E-state index in [1.54, 1.807) is 0 Å². The fourth-order valence-corrected chi connectivity index (χ4v) is 4.59. The van der Waals surface area contributed by atoms with E-state index >= 15 is 0 Å². The van der Waals surface area contributed by atoms with Crippen molar-refractivity contribution in [2.75, 3.05) is 10.6 Å². The van der Waals surface area contributed by atoms with Gasteiger partial charge in [-0.05, 0) is 23.3 Å². The number of fused-ring (bicyclic) bond motifs is 5. The smallest absolute Gasteiger partial charge is 0.226 e. The second-order valence-electron chi connectivity index (χ2n) is 8.39. The van der Waals surface area contributed by atoms with E-state index in [-0.39, 0.29) is 22.9 Å². The highest BCUT2D eigenvalue weighted by molar-refractivity contribution is 6.11. The Bertz CT molecular complexity index is 1720. The number of nitrogens with zero attached hydrogens (tertiary/aromatic N) is 4. The number of rotatable bonds is 2. The van der Waals surface area contributed by atoms with Crippen LogP contribution in [-0.4, -0.2) is 0 Å². The van der Waals surface area contributed by atoms with Crippen molar-refractivity contribution in [2.45, 2.75) is 0 Å². The van der Waals surface area contributed by atoms with Gasteiger partial charge in [0.2, 0.25) is 11.8 Å². The molecule has 2 heterocycles. The predicted octanol–water partition coefficient (Wildman–Crippen LogP) is 6.30. The lowest BCUT2D eigenvalue weighted by atomic mass is 9.93. The summed E-state index contributed by atoms with van der Waals surface area (Å²) in [6.45, 7) is 0. The van der Waals surface area contributed by atoms with E-state index in [0.29, 0.717) is 33.6 Å². The van der Waals surface area contributed by atoms with Crippen LogP contribution in [0.2, 0.25) is 0 Å². The Labute approximate surface area is 217 Å². The molecule has 0 saturated carbocycles. The van der Waals surface area contributed by atoms with Gasteiger partial charge in [0.15, 0.2) is 22.6 Å². The zero-order chi connectivity index (χ0) is 26.2. The standard InChI is InChI=1S/C30H14N6O2/c31-13-19(14-32)29-35-25-21(17-7-3-1-4-8-17)11-23-24(27(25)37-29)12-22(18-9-5-2-6-10-18)26-28(23)38-30(36-26)20(15-33)16-34/h1-12,35-36H. The molecule has 0 aliphatic carbocycles. The van der Waals surface area contributed by atoms with E-state index in [2.05, 4.69) is 10.6 Å². The highest BCUT2D eigenvalue weighted by Gasteiger charge is 2.32. The third-order valence-electron chi connectivity index (χ3n) is 6.31. The van der Waals surface area contributed by atoms with Crippen molar-refractivity contribution in [1.29, 1.82) is 21.0 Å². The molecule has 4 aromatic rings. The van der Waals surface area contributed by atoms with Gasteiger partial charge >= 0.3 is 0 Å². The molecule has 0 atom stereocenters. The average molecular weight is 490 g/mol. The third kappa shape index (κ3) is 3.35. The summed E-state index contributed by atoms with van der Waals surface area (Å²) in [6, 6.07) is 30.5. The van der Waals surface area contributed by atoms with Crippen molar-refractivity contribution in [3.05, 3.63) is 95.7 Å². The second kappa shape index (κ2) is 8.77. The van der Waals surface area contributed by atoms with Crippen LogP contribution >= 0.6 is 0 Å². The molecule has 4 aromatic carbocycles. The Balaban J connectivity index is 1.72. The molecule has 176 valence electrons. The number of ether oxygens (including phenoxy) is 2. The molecule has 0 amide bonds. The minimum atomic E-state index is -0.186. The SMILES string of the molecule is N#CC(C#N)=C1Nc2c(-c3ccccc3)cc3c4c(c(-c5ccccc5)cc3c2O1)NC(=C(C#N)C#N)O4. The first-order valence-corrected chi connectivity index (χ1v) is 11.4. The van der Waals surface area contributed by atoms with Gasteiger partial charge in [-0.2, -0.15) is 21.0 Å². The molecule has 0 unspecified atom stereocenters. The molecule has 0 aromatic heterocycles. The monoisotopic (exact) mass is 490 g/mol. The molecule has 8 heteroatoms. The van der Waals surface area contributed by atoms with Crippen molar-refractivity contribution in [3.8, 4) is 58.0 Å². The summed E-state index contributed by atoms with van der Waals surface area (Å²) < 4.78 is 12.2. The highest BCUT2D eigenvalue weighted by Crippen LogP contribution is 2.54. The molecule has 0 bridgehead atoms. The van der Waals surface area contributed by atoms with Gasteiger partial charge in [-0.3, -0.25) is 0 Å². The van der Waals surface area contributed by atoms with Gasteiger partial charge in [-0.15, -0.1) is 0 Å². The van der Waals surface area contributed by atoms with Crippen LogP contribution in [0.1, 0.15) is 0 Å². The number of hydrogen-bond acceptors (Lipinski definition) is 8. The molecule has 0 fully saturated rings. The van der Waals surface area contributed by atoms with E-state index in [1.165, 1.54) is 0 Å². The van der Waals surface area contributed by atoms with Gasteiger partial charge in [0.25, 0.3) is 0 Å². The summed E-state index contributed by atoms with van der Waals surface area (Å²) in [5, 5.41) is 45.5. The zero-order valence-corrected chi connectivity index (χ0v) is 19.5. The lowest BCUT2D eigenvalue weighted by Crippen LogP contribution is -2.01. The van der Waals surface area contributed by atoms with Crippen LogP contribution in [0.15, 0.2) is 95.7 Å². The lowest BCUT2D eigenvalue weighted by Gasteiger charge is -2.15. The maximum absolute atomic E-state index is 9.48. The first-order valence-electron chi connectivity index (χ1n) is 11.4. The first kappa shape index (κ1) is 22.3. The lowest BCUT2D eigenvalue weighted by molar-refractivity contribution is 0.455. The maximum Gasteiger partial charge on any atom is 0.226 e. The van der Waals surface area contributed by atoms with Crippen LogP contribution in [0.25, 0.3) is 33.0 Å². The van der Waals surface area contributed by atoms with Gasteiger partial charge in [-0.25, -0.2) is 0 Å². The number of nitrogens with one attached hydrogen (secondary N) is 2. The fourth-order valence-electron chi connectivity index (χ4n) is 4.59. The molecule has 2 N–H and O–H groups in total. The second-order valence-corrected chi connectivity index (χ2v) is 8.39. The van der Waals surface area contributed by atoms with E-state index in [4.69, 9.17) is 9.47 Å². The molecular formula is C30H14N6O2. The van der Waals surface area contributed by atoms with Crippen LogP contribution in [0.5, 0.6) is 11.5 Å². The number of hydrogen-bond donors (Lipinski definition) is 2. The third-order valence-corrected chi connectivity index (χ3v) is 6.31. The van der Waals surface area contributed by atoms with Crippen molar-refractivity contribution in [3.63, 3.8) is 0 Å². The number of nitriles is 4. The predicted molar refractivity (Wildman–Crippen MR) is 140 cm³/mol. The topological polar surface area (TPSA) is 138 Å². The van der Waals surface area contributed by atoms with Crippen LogP contribution < -0.4 is 20.1 Å². The molecule has 0 spiro atoms. The molecule has 0 radical (unpaired) electrons. The average Bonchev–Trinajstić information content (AvgIpc) is 3.60. The van der Waals surface area contributed by atoms with Crippen molar-refractivity contribution in [2.24, 2.45) is 0 Å². The Morgan fingerprint density at radius 2 is 0.921 bits per heavy atom. The van der Waals surface area contributed by atoms with Crippen LogP contribution in [0.4, 0.5) is 11.4 Å². The highest BCUT2D eigenvalue weighted by atomic mass is 16.5. The molecule has 2 aliphatic heterocycles. The van der Waals surface area contributed by atoms with Crippen molar-refractivity contribution >= 4 is 22.1 Å². The summed E-state index contributed by atoms with van der Waals surface area (Å²) in [5.74, 6) is 0.960. The first-order chi connectivity index (χ1) is 18.7. The fraction of sp³-hybridized carbons (Fsp3) is 0. The molecule has 8 nitrogen and oxygen atoms in total. The molecule has 38 heavy (non-hydrogen) atoms. The summed E-state index contributed by atoms with van der Waals surface area (Å²) >= 11 is 0. The Kier molecular flexibility index (Phi) is 5.14. The summed E-state index contributed by atoms with van der Waals surface area (Å²) in [6.07, 6.45) is 0. The molecular weight excluding hydrogens is 476 g/mol. The largest absolute Gasteiger partial charge is 0.436 e. The molecule has 6 rings (SSSR count). The molecule has 0 saturated heterocycles. The van der Waals surface area contributed by atoms with E-state index in [1.807, 2.05) is 97.1 Å². The Morgan fingerprint density at radius 3 is 1.26 bits per heavy atom. The van der Waals surface area contributed by atoms with E-state index < -0.39 is 0 Å². The zero-order valence-electron chi connectivity index (χ0n) is 19.5. The maximum atomic E-state index is 9.48. The molecule has 2 aliphatic rings. The summed E-state index contributed by atoms with van der Waals surface area (Å²) in [7, 11) is 0. The van der Waals surface area contributed by atoms with Crippen LogP contribution in [0, 0.1) is 45.3 Å². The van der Waals surface area contributed by atoms with E-state index in [0.717, 1.165) is 22.3 Å². The Hall–Kier alpha value is -6.22. The van der Waals surface area contributed by atoms with Crippen LogP contribution in [-0.2, 0) is 0 Å². The number of allylic oxidation sites excluding steroid dienone is 2. The number of benzene rings is 4. The normalized spacial score (nSPS) is 12.3. The Morgan fingerprint density at radius 1 is 0.553 bits per heavy atom. The van der Waals surface area contributed by atoms with Crippen LogP contribution in [0.3, 0.4) is 0 Å². The minimum absolute atomic E-state index is 0.0484. The van der Waals surface area contributed by atoms with Gasteiger partial charge < -0.3 is 20.1 Å².